The lowest BCUT2D eigenvalue weighted by molar-refractivity contribution is 0.0993. The maximum absolute atomic E-state index is 12.2. The van der Waals surface area contributed by atoms with Crippen molar-refractivity contribution in [1.29, 1.82) is 0 Å². The Bertz CT molecular complexity index is 623. The van der Waals surface area contributed by atoms with Gasteiger partial charge < -0.3 is 9.64 Å². The Labute approximate surface area is 140 Å². The molecule has 0 atom stereocenters. The van der Waals surface area contributed by atoms with Gasteiger partial charge in [-0.05, 0) is 43.9 Å². The van der Waals surface area contributed by atoms with Gasteiger partial charge in [-0.25, -0.2) is 0 Å². The van der Waals surface area contributed by atoms with E-state index in [1.165, 1.54) is 0 Å². The van der Waals surface area contributed by atoms with Gasteiger partial charge in [-0.3, -0.25) is 4.79 Å². The number of likely N-dealkylation sites (N-methyl/N-ethyl adjacent to an activating group) is 1. The van der Waals surface area contributed by atoms with E-state index in [-0.39, 0.29) is 5.78 Å². The first-order valence-electron chi connectivity index (χ1n) is 7.20. The van der Waals surface area contributed by atoms with Crippen LogP contribution in [-0.2, 0) is 6.42 Å². The van der Waals surface area contributed by atoms with Gasteiger partial charge >= 0.3 is 0 Å². The number of ketones is 1. The quantitative estimate of drug-likeness (QED) is 0.702. The third kappa shape index (κ3) is 5.28. The molecule has 0 aliphatic heterocycles. The number of carbonyl (C=O) groups excluding carboxylic acids is 1. The Morgan fingerprint density at radius 3 is 2.50 bits per heavy atom. The van der Waals surface area contributed by atoms with Crippen LogP contribution in [-0.4, -0.2) is 37.9 Å². The van der Waals surface area contributed by atoms with E-state index < -0.39 is 0 Å². The van der Waals surface area contributed by atoms with Crippen LogP contribution in [0.4, 0.5) is 0 Å². The van der Waals surface area contributed by atoms with Crippen molar-refractivity contribution in [2.24, 2.45) is 0 Å². The number of hydrogen-bond acceptors (Lipinski definition) is 3. The number of nitrogens with zero attached hydrogens (tertiary/aromatic N) is 1. The second-order valence-electron chi connectivity index (χ2n) is 5.41. The summed E-state index contributed by atoms with van der Waals surface area (Å²) in [6, 6.07) is 15.2. The molecular formula is C18H20BrNO2. The van der Waals surface area contributed by atoms with Crippen molar-refractivity contribution in [1.82, 2.24) is 4.90 Å². The van der Waals surface area contributed by atoms with E-state index in [0.29, 0.717) is 13.0 Å². The molecule has 0 spiro atoms. The van der Waals surface area contributed by atoms with E-state index in [1.54, 1.807) is 0 Å². The summed E-state index contributed by atoms with van der Waals surface area (Å²) in [6.45, 7) is 1.53. The van der Waals surface area contributed by atoms with Gasteiger partial charge in [0.2, 0.25) is 0 Å². The lowest BCUT2D eigenvalue weighted by Crippen LogP contribution is -2.19. The average molecular weight is 362 g/mol. The summed E-state index contributed by atoms with van der Waals surface area (Å²) >= 11 is 3.39. The van der Waals surface area contributed by atoms with E-state index in [0.717, 1.165) is 27.9 Å². The van der Waals surface area contributed by atoms with Crippen LogP contribution in [0.2, 0.25) is 0 Å². The SMILES string of the molecule is CN(C)CCOc1ccc(CC(=O)c2cccc(Br)c2)cc1. The zero-order chi connectivity index (χ0) is 15.9. The van der Waals surface area contributed by atoms with Gasteiger partial charge in [0.05, 0.1) is 0 Å². The normalized spacial score (nSPS) is 10.7. The maximum Gasteiger partial charge on any atom is 0.167 e. The van der Waals surface area contributed by atoms with Crippen LogP contribution in [0, 0.1) is 0 Å². The average Bonchev–Trinajstić information content (AvgIpc) is 2.48. The molecule has 0 amide bonds. The highest BCUT2D eigenvalue weighted by Crippen LogP contribution is 2.16. The Morgan fingerprint density at radius 1 is 1.14 bits per heavy atom. The molecule has 0 fully saturated rings. The molecule has 22 heavy (non-hydrogen) atoms. The van der Waals surface area contributed by atoms with Crippen LogP contribution in [0.25, 0.3) is 0 Å². The fraction of sp³-hybridized carbons (Fsp3) is 0.278. The minimum atomic E-state index is 0.113. The number of carbonyl (C=O) groups is 1. The molecule has 0 radical (unpaired) electrons. The molecule has 0 aliphatic carbocycles. The van der Waals surface area contributed by atoms with Crippen molar-refractivity contribution < 1.29 is 9.53 Å². The topological polar surface area (TPSA) is 29.5 Å². The molecule has 4 heteroatoms. The highest BCUT2D eigenvalue weighted by molar-refractivity contribution is 9.10. The number of Topliss-reactive ketones (excluding diaryl/α,β-unsaturated/α-hetero) is 1. The van der Waals surface area contributed by atoms with Crippen molar-refractivity contribution in [2.75, 3.05) is 27.2 Å². The van der Waals surface area contributed by atoms with Gasteiger partial charge in [0.15, 0.2) is 5.78 Å². The fourth-order valence-electron chi connectivity index (χ4n) is 2.00. The van der Waals surface area contributed by atoms with Crippen LogP contribution in [0.1, 0.15) is 15.9 Å². The third-order valence-electron chi connectivity index (χ3n) is 3.24. The van der Waals surface area contributed by atoms with Crippen LogP contribution in [0.3, 0.4) is 0 Å². The smallest absolute Gasteiger partial charge is 0.167 e. The zero-order valence-corrected chi connectivity index (χ0v) is 14.5. The molecule has 0 aliphatic rings. The summed E-state index contributed by atoms with van der Waals surface area (Å²) in [5.74, 6) is 0.947. The second-order valence-corrected chi connectivity index (χ2v) is 6.32. The van der Waals surface area contributed by atoms with E-state index in [9.17, 15) is 4.79 Å². The predicted octanol–water partition coefficient (Wildman–Crippen LogP) is 3.81. The molecule has 116 valence electrons. The summed E-state index contributed by atoms with van der Waals surface area (Å²) < 4.78 is 6.56. The van der Waals surface area contributed by atoms with E-state index in [1.807, 2.05) is 62.6 Å². The van der Waals surface area contributed by atoms with E-state index in [4.69, 9.17) is 4.74 Å². The molecule has 3 nitrogen and oxygen atoms in total. The first-order chi connectivity index (χ1) is 10.5. The molecule has 0 saturated heterocycles. The number of rotatable bonds is 7. The van der Waals surface area contributed by atoms with E-state index in [2.05, 4.69) is 20.8 Å². The van der Waals surface area contributed by atoms with Crippen molar-refractivity contribution in [3.8, 4) is 5.75 Å². The largest absolute Gasteiger partial charge is 0.492 e. The van der Waals surface area contributed by atoms with Crippen LogP contribution >= 0.6 is 15.9 Å². The molecule has 0 aromatic heterocycles. The Hall–Kier alpha value is -1.65. The summed E-state index contributed by atoms with van der Waals surface area (Å²) in [4.78, 5) is 14.3. The number of benzene rings is 2. The Kier molecular flexibility index (Phi) is 6.16. The molecule has 2 aromatic carbocycles. The van der Waals surface area contributed by atoms with Gasteiger partial charge in [-0.2, -0.15) is 0 Å². The van der Waals surface area contributed by atoms with Gasteiger partial charge in [-0.15, -0.1) is 0 Å². The summed E-state index contributed by atoms with van der Waals surface area (Å²) in [5, 5.41) is 0. The monoisotopic (exact) mass is 361 g/mol. The lowest BCUT2D eigenvalue weighted by Gasteiger charge is -2.11. The molecule has 2 aromatic rings. The molecule has 0 N–H and O–H groups in total. The Morgan fingerprint density at radius 2 is 1.86 bits per heavy atom. The zero-order valence-electron chi connectivity index (χ0n) is 12.9. The van der Waals surface area contributed by atoms with Crippen molar-refractivity contribution >= 4 is 21.7 Å². The minimum absolute atomic E-state index is 0.113. The molecular weight excluding hydrogens is 342 g/mol. The van der Waals surface area contributed by atoms with Crippen molar-refractivity contribution in [3.05, 3.63) is 64.1 Å². The molecule has 0 heterocycles. The van der Waals surface area contributed by atoms with Crippen molar-refractivity contribution in [2.45, 2.75) is 6.42 Å². The predicted molar refractivity (Wildman–Crippen MR) is 92.7 cm³/mol. The van der Waals surface area contributed by atoms with Gasteiger partial charge in [0.1, 0.15) is 12.4 Å². The molecule has 0 unspecified atom stereocenters. The van der Waals surface area contributed by atoms with Gasteiger partial charge in [0, 0.05) is 23.0 Å². The number of hydrogen-bond donors (Lipinski definition) is 0. The molecule has 0 bridgehead atoms. The van der Waals surface area contributed by atoms with E-state index >= 15 is 0 Å². The van der Waals surface area contributed by atoms with Gasteiger partial charge in [0.25, 0.3) is 0 Å². The number of ether oxygens (including phenoxy) is 1. The summed E-state index contributed by atoms with van der Waals surface area (Å²) in [7, 11) is 4.03. The first-order valence-corrected chi connectivity index (χ1v) is 7.99. The van der Waals surface area contributed by atoms with Crippen LogP contribution in [0.5, 0.6) is 5.75 Å². The van der Waals surface area contributed by atoms with Crippen molar-refractivity contribution in [3.63, 3.8) is 0 Å². The first kappa shape index (κ1) is 16.7. The highest BCUT2D eigenvalue weighted by Gasteiger charge is 2.07. The van der Waals surface area contributed by atoms with Crippen LogP contribution in [0.15, 0.2) is 53.0 Å². The highest BCUT2D eigenvalue weighted by atomic mass is 79.9. The summed E-state index contributed by atoms with van der Waals surface area (Å²) in [5.41, 5.74) is 1.71. The molecule has 2 rings (SSSR count). The van der Waals surface area contributed by atoms with Crippen LogP contribution < -0.4 is 4.74 Å². The Balaban J connectivity index is 1.92. The third-order valence-corrected chi connectivity index (χ3v) is 3.74. The molecule has 0 saturated carbocycles. The number of halogens is 1. The minimum Gasteiger partial charge on any atom is -0.492 e. The fourth-order valence-corrected chi connectivity index (χ4v) is 2.40. The standard InChI is InChI=1S/C18H20BrNO2/c1-20(2)10-11-22-17-8-6-14(7-9-17)12-18(21)15-4-3-5-16(19)13-15/h3-9,13H,10-12H2,1-2H3. The maximum atomic E-state index is 12.2. The van der Waals surface area contributed by atoms with Gasteiger partial charge in [-0.1, -0.05) is 40.2 Å². The summed E-state index contributed by atoms with van der Waals surface area (Å²) in [6.07, 6.45) is 0.397. The lowest BCUT2D eigenvalue weighted by atomic mass is 10.0. The second kappa shape index (κ2) is 8.11.